The van der Waals surface area contributed by atoms with Crippen LogP contribution in [0.25, 0.3) is 0 Å². The van der Waals surface area contributed by atoms with Crippen molar-refractivity contribution in [2.75, 3.05) is 14.2 Å². The maximum atomic E-state index is 10.6. The first-order valence-corrected chi connectivity index (χ1v) is 5.50. The first kappa shape index (κ1) is 20.0. The van der Waals surface area contributed by atoms with Gasteiger partial charge in [0, 0.05) is 26.8 Å². The Morgan fingerprint density at radius 1 is 1.25 bits per heavy atom. The summed E-state index contributed by atoms with van der Waals surface area (Å²) in [4.78, 5) is 58.4. The minimum atomic E-state index is -0.461. The van der Waals surface area contributed by atoms with Crippen LogP contribution in [0.3, 0.4) is 0 Å². The molecule has 0 aromatic carbocycles. The number of hydroxylamine groups is 4. The number of carbonyl (C=O) groups is 5. The molecule has 20 heavy (non-hydrogen) atoms. The van der Waals surface area contributed by atoms with Crippen molar-refractivity contribution in [3.63, 3.8) is 0 Å². The Bertz CT molecular complexity index is 341. The zero-order chi connectivity index (χ0) is 16.1. The van der Waals surface area contributed by atoms with Gasteiger partial charge in [0.25, 0.3) is 11.8 Å². The van der Waals surface area contributed by atoms with Crippen LogP contribution in [0, 0.1) is 0 Å². The Morgan fingerprint density at radius 2 is 1.65 bits per heavy atom. The van der Waals surface area contributed by atoms with Gasteiger partial charge in [-0.05, 0) is 6.92 Å². The summed E-state index contributed by atoms with van der Waals surface area (Å²) in [6.45, 7) is 2.94. The van der Waals surface area contributed by atoms with Crippen molar-refractivity contribution in [1.29, 1.82) is 0 Å². The minimum Gasteiger partial charge on any atom is -0.334 e. The Hall–Kier alpha value is -2.29. The quantitative estimate of drug-likeness (QED) is 0.389. The van der Waals surface area contributed by atoms with Crippen LogP contribution in [0.15, 0.2) is 0 Å². The van der Waals surface area contributed by atoms with Gasteiger partial charge in [0.15, 0.2) is 0 Å². The second-order valence-corrected chi connectivity index (χ2v) is 3.22. The van der Waals surface area contributed by atoms with E-state index in [-0.39, 0.29) is 25.2 Å². The van der Waals surface area contributed by atoms with Crippen LogP contribution in [0.5, 0.6) is 0 Å². The molecule has 0 N–H and O–H groups in total. The molecule has 0 aliphatic carbocycles. The number of hydrogen-bond acceptors (Lipinski definition) is 7. The molecule has 1 aliphatic heterocycles. The zero-order valence-corrected chi connectivity index (χ0v) is 11.8. The molecule has 0 bridgehead atoms. The summed E-state index contributed by atoms with van der Waals surface area (Å²) >= 11 is 0. The third-order valence-corrected chi connectivity index (χ3v) is 1.87. The van der Waals surface area contributed by atoms with Gasteiger partial charge in [-0.3, -0.25) is 24.0 Å². The Balaban J connectivity index is 0. The summed E-state index contributed by atoms with van der Waals surface area (Å²) < 4.78 is 0. The number of rotatable bonds is 3. The number of nitrogens with zero attached hydrogens (tertiary/aromatic N) is 2. The minimum absolute atomic E-state index is 0.0567. The fraction of sp³-hybridized carbons (Fsp3) is 0.545. The molecule has 0 spiro atoms. The molecule has 1 fully saturated rings. The monoisotopic (exact) mass is 290 g/mol. The summed E-state index contributed by atoms with van der Waals surface area (Å²) in [5.74, 6) is -1.02. The number of amides is 3. The Kier molecular flexibility index (Phi) is 11.8. The lowest BCUT2D eigenvalue weighted by atomic mass is 10.4. The SMILES string of the molecule is CC=O.CON(C)C(C)=O.O=CON1C(=O)CCC1=O. The lowest BCUT2D eigenvalue weighted by Gasteiger charge is -2.08. The van der Waals surface area contributed by atoms with Crippen molar-refractivity contribution in [2.45, 2.75) is 26.7 Å². The van der Waals surface area contributed by atoms with Gasteiger partial charge in [0.05, 0.1) is 7.11 Å². The first-order chi connectivity index (χ1) is 9.35. The highest BCUT2D eigenvalue weighted by Crippen LogP contribution is 2.10. The van der Waals surface area contributed by atoms with Crippen molar-refractivity contribution in [2.24, 2.45) is 0 Å². The molecule has 1 saturated heterocycles. The second kappa shape index (κ2) is 11.8. The van der Waals surface area contributed by atoms with E-state index in [9.17, 15) is 19.2 Å². The molecule has 1 aliphatic rings. The molecular formula is C11H18N2O7. The molecule has 0 radical (unpaired) electrons. The summed E-state index contributed by atoms with van der Waals surface area (Å²) in [5.41, 5.74) is 0. The van der Waals surface area contributed by atoms with Crippen molar-refractivity contribution in [3.05, 3.63) is 0 Å². The lowest BCUT2D eigenvalue weighted by molar-refractivity contribution is -0.188. The van der Waals surface area contributed by atoms with Crippen LogP contribution >= 0.6 is 0 Å². The standard InChI is InChI=1S/C5H5NO4.C4H9NO2.C2H4O/c7-3-10-6-4(8)1-2-5(6)9;1-4(6)5(2)7-3;1-2-3/h3H,1-2H2;1-3H3;2H,1H3. The maximum absolute atomic E-state index is 10.6. The molecule has 0 saturated carbocycles. The van der Waals surface area contributed by atoms with Crippen molar-refractivity contribution in [3.8, 4) is 0 Å². The molecule has 0 unspecified atom stereocenters. The van der Waals surface area contributed by atoms with E-state index in [2.05, 4.69) is 9.68 Å². The molecule has 0 atom stereocenters. The van der Waals surface area contributed by atoms with Crippen LogP contribution in [0.4, 0.5) is 0 Å². The van der Waals surface area contributed by atoms with Crippen LogP contribution in [0.2, 0.25) is 0 Å². The summed E-state index contributed by atoms with van der Waals surface area (Å²) in [6.07, 6.45) is 1.01. The van der Waals surface area contributed by atoms with Crippen LogP contribution in [-0.4, -0.2) is 54.8 Å². The number of carbonyl (C=O) groups excluding carboxylic acids is 5. The molecule has 1 heterocycles. The van der Waals surface area contributed by atoms with Crippen LogP contribution < -0.4 is 0 Å². The van der Waals surface area contributed by atoms with Crippen molar-refractivity contribution >= 4 is 30.5 Å². The maximum Gasteiger partial charge on any atom is 0.321 e. The van der Waals surface area contributed by atoms with E-state index in [0.717, 1.165) is 11.3 Å². The van der Waals surface area contributed by atoms with E-state index in [0.29, 0.717) is 5.06 Å². The molecule has 9 nitrogen and oxygen atoms in total. The number of hydrogen-bond donors (Lipinski definition) is 0. The molecular weight excluding hydrogens is 272 g/mol. The van der Waals surface area contributed by atoms with Gasteiger partial charge >= 0.3 is 6.47 Å². The van der Waals surface area contributed by atoms with Gasteiger partial charge in [0.1, 0.15) is 6.29 Å². The average Bonchev–Trinajstić information content (AvgIpc) is 2.71. The van der Waals surface area contributed by atoms with E-state index in [1.54, 1.807) is 7.05 Å². The first-order valence-electron chi connectivity index (χ1n) is 5.50. The third-order valence-electron chi connectivity index (χ3n) is 1.87. The predicted octanol–water partition coefficient (Wildman–Crippen LogP) is -0.545. The molecule has 9 heteroatoms. The van der Waals surface area contributed by atoms with Gasteiger partial charge in [-0.2, -0.15) is 0 Å². The summed E-state index contributed by atoms with van der Waals surface area (Å²) in [7, 11) is 3.00. The highest BCUT2D eigenvalue weighted by molar-refractivity contribution is 6.01. The van der Waals surface area contributed by atoms with Gasteiger partial charge in [-0.1, -0.05) is 0 Å². The smallest absolute Gasteiger partial charge is 0.321 e. The van der Waals surface area contributed by atoms with Crippen LogP contribution in [-0.2, 0) is 33.6 Å². The molecule has 0 aromatic rings. The Labute approximate surface area is 116 Å². The van der Waals surface area contributed by atoms with E-state index >= 15 is 0 Å². The van der Waals surface area contributed by atoms with E-state index < -0.39 is 11.8 Å². The van der Waals surface area contributed by atoms with Crippen LogP contribution in [0.1, 0.15) is 26.7 Å². The largest absolute Gasteiger partial charge is 0.334 e. The molecule has 0 aromatic heterocycles. The van der Waals surface area contributed by atoms with Gasteiger partial charge < -0.3 is 9.63 Å². The highest BCUT2D eigenvalue weighted by atomic mass is 16.7. The fourth-order valence-corrected chi connectivity index (χ4v) is 0.845. The second-order valence-electron chi connectivity index (χ2n) is 3.22. The van der Waals surface area contributed by atoms with Gasteiger partial charge in [0.2, 0.25) is 5.91 Å². The number of imide groups is 1. The van der Waals surface area contributed by atoms with Gasteiger partial charge in [-0.15, -0.1) is 5.06 Å². The summed E-state index contributed by atoms with van der Waals surface area (Å²) in [6, 6.07) is 0. The normalized spacial score (nSPS) is 12.5. The molecule has 1 rings (SSSR count). The van der Waals surface area contributed by atoms with E-state index in [1.165, 1.54) is 21.0 Å². The average molecular weight is 290 g/mol. The van der Waals surface area contributed by atoms with Crippen molar-refractivity contribution in [1.82, 2.24) is 10.1 Å². The number of aldehydes is 1. The van der Waals surface area contributed by atoms with E-state index in [4.69, 9.17) is 4.79 Å². The predicted molar refractivity (Wildman–Crippen MR) is 65.4 cm³/mol. The van der Waals surface area contributed by atoms with E-state index in [1.807, 2.05) is 0 Å². The third kappa shape index (κ3) is 8.75. The fourth-order valence-electron chi connectivity index (χ4n) is 0.845. The lowest BCUT2D eigenvalue weighted by Crippen LogP contribution is -2.28. The summed E-state index contributed by atoms with van der Waals surface area (Å²) in [5, 5.41) is 1.63. The molecule has 3 amide bonds. The van der Waals surface area contributed by atoms with Gasteiger partial charge in [-0.25, -0.2) is 5.06 Å². The highest BCUT2D eigenvalue weighted by Gasteiger charge is 2.30. The zero-order valence-electron chi connectivity index (χ0n) is 11.8. The molecule has 114 valence electrons. The Morgan fingerprint density at radius 3 is 1.85 bits per heavy atom. The topological polar surface area (TPSA) is 110 Å². The van der Waals surface area contributed by atoms with Crippen molar-refractivity contribution < 1.29 is 33.6 Å².